The van der Waals surface area contributed by atoms with Crippen molar-refractivity contribution in [3.05, 3.63) is 108 Å². The lowest BCUT2D eigenvalue weighted by atomic mass is 10.0. The predicted molar refractivity (Wildman–Crippen MR) is 134 cm³/mol. The summed E-state index contributed by atoms with van der Waals surface area (Å²) in [6, 6.07) is 33.3. The molecule has 0 aliphatic heterocycles. The van der Waals surface area contributed by atoms with Crippen LogP contribution in [0.3, 0.4) is 0 Å². The van der Waals surface area contributed by atoms with Crippen LogP contribution in [-0.2, 0) is 19.6 Å². The molecule has 0 saturated carbocycles. The van der Waals surface area contributed by atoms with Crippen LogP contribution in [0.5, 0.6) is 0 Å². The summed E-state index contributed by atoms with van der Waals surface area (Å²) in [5.41, 5.74) is 4.33. The van der Waals surface area contributed by atoms with Crippen molar-refractivity contribution in [1.82, 2.24) is 0 Å². The van der Waals surface area contributed by atoms with Gasteiger partial charge in [-0.3, -0.25) is 0 Å². The Bertz CT molecular complexity index is 731. The molecule has 3 rings (SSSR count). The smallest absolute Gasteiger partial charge is 0.105 e. The van der Waals surface area contributed by atoms with Gasteiger partial charge in [0.25, 0.3) is 0 Å². The number of hydrogen-bond donors (Lipinski definition) is 0. The highest BCUT2D eigenvalue weighted by atomic mass is 79.9. The van der Waals surface area contributed by atoms with E-state index < -0.39 is 0 Å². The lowest BCUT2D eigenvalue weighted by Crippen LogP contribution is -3.00. The number of hydrogen-bond acceptors (Lipinski definition) is 0. The predicted octanol–water partition coefficient (Wildman–Crippen LogP) is 5.16. The molecule has 0 radical (unpaired) electrons. The highest BCUT2D eigenvalue weighted by Gasteiger charge is 2.28. The summed E-state index contributed by atoms with van der Waals surface area (Å²) >= 11 is 0. The van der Waals surface area contributed by atoms with Crippen LogP contribution in [0.15, 0.2) is 91.0 Å². The number of quaternary nitrogens is 1. The molecular weight excluding hydrogens is 454 g/mol. The molecule has 0 N–H and O–H groups in total. The van der Waals surface area contributed by atoms with E-state index in [1.165, 1.54) is 68.2 Å². The zero-order valence-electron chi connectivity index (χ0n) is 19.8. The molecule has 32 heavy (non-hydrogen) atoms. The van der Waals surface area contributed by atoms with Gasteiger partial charge in [0.1, 0.15) is 19.6 Å². The fraction of sp³-hybridized carbons (Fsp3) is 0.400. The molecular formula is C30H40BrN. The summed E-state index contributed by atoms with van der Waals surface area (Å²) in [5.74, 6) is 0. The lowest BCUT2D eigenvalue weighted by molar-refractivity contribution is -0.966. The molecule has 0 fully saturated rings. The molecule has 0 aliphatic rings. The van der Waals surface area contributed by atoms with E-state index in [9.17, 15) is 0 Å². The second-order valence-electron chi connectivity index (χ2n) is 9.12. The van der Waals surface area contributed by atoms with Gasteiger partial charge in [0, 0.05) is 16.7 Å². The minimum absolute atomic E-state index is 0. The summed E-state index contributed by atoms with van der Waals surface area (Å²) in [4.78, 5) is 0. The molecule has 3 aromatic rings. The molecule has 2 heteroatoms. The Morgan fingerprint density at radius 3 is 1.19 bits per heavy atom. The van der Waals surface area contributed by atoms with Gasteiger partial charge < -0.3 is 21.5 Å². The largest absolute Gasteiger partial charge is 1.00 e. The third-order valence-electron chi connectivity index (χ3n) is 6.32. The maximum Gasteiger partial charge on any atom is 0.105 e. The number of benzene rings is 3. The molecule has 3 aromatic carbocycles. The molecule has 172 valence electrons. The molecule has 0 heterocycles. The van der Waals surface area contributed by atoms with Crippen LogP contribution in [0.4, 0.5) is 0 Å². The Hall–Kier alpha value is -1.90. The number of unbranched alkanes of at least 4 members (excludes halogenated alkanes) is 6. The quantitative estimate of drug-likeness (QED) is 0.215. The first-order valence-electron chi connectivity index (χ1n) is 12.3. The van der Waals surface area contributed by atoms with Crippen molar-refractivity contribution < 1.29 is 21.5 Å². The van der Waals surface area contributed by atoms with E-state index >= 15 is 0 Å². The number of rotatable bonds is 14. The van der Waals surface area contributed by atoms with Crippen molar-refractivity contribution in [2.45, 2.75) is 71.5 Å². The highest BCUT2D eigenvalue weighted by molar-refractivity contribution is 5.17. The maximum absolute atomic E-state index is 2.30. The molecule has 0 atom stereocenters. The van der Waals surface area contributed by atoms with Gasteiger partial charge in [-0.05, 0) is 12.8 Å². The van der Waals surface area contributed by atoms with Gasteiger partial charge >= 0.3 is 0 Å². The van der Waals surface area contributed by atoms with Crippen molar-refractivity contribution in [1.29, 1.82) is 0 Å². The van der Waals surface area contributed by atoms with Crippen LogP contribution in [0.1, 0.15) is 68.6 Å². The van der Waals surface area contributed by atoms with Crippen LogP contribution in [-0.4, -0.2) is 11.0 Å². The fourth-order valence-electron chi connectivity index (χ4n) is 4.72. The van der Waals surface area contributed by atoms with Crippen LogP contribution < -0.4 is 17.0 Å². The zero-order valence-corrected chi connectivity index (χ0v) is 21.3. The normalized spacial score (nSPS) is 11.2. The van der Waals surface area contributed by atoms with E-state index in [2.05, 4.69) is 97.9 Å². The molecule has 0 saturated heterocycles. The van der Waals surface area contributed by atoms with Crippen molar-refractivity contribution >= 4 is 0 Å². The number of nitrogens with zero attached hydrogens (tertiary/aromatic N) is 1. The molecule has 0 spiro atoms. The van der Waals surface area contributed by atoms with Gasteiger partial charge in [0.05, 0.1) is 6.54 Å². The molecule has 0 amide bonds. The van der Waals surface area contributed by atoms with Crippen molar-refractivity contribution in [2.24, 2.45) is 0 Å². The monoisotopic (exact) mass is 493 g/mol. The van der Waals surface area contributed by atoms with Gasteiger partial charge in [-0.25, -0.2) is 0 Å². The van der Waals surface area contributed by atoms with E-state index in [0.717, 1.165) is 24.1 Å². The average Bonchev–Trinajstić information content (AvgIpc) is 2.80. The summed E-state index contributed by atoms with van der Waals surface area (Å²) in [6.45, 7) is 6.77. The standard InChI is InChI=1S/C30H40N.BrH/c1-2-3-4-5-6-7-17-24-31(25-28-18-11-8-12-19-28,26-29-20-13-9-14-21-29)27-30-22-15-10-16-23-30;/h8-16,18-23H,2-7,17,24-27H2,1H3;1H/q+1;/p-1. The summed E-state index contributed by atoms with van der Waals surface area (Å²) < 4.78 is 1.09. The van der Waals surface area contributed by atoms with Gasteiger partial charge in [0.15, 0.2) is 0 Å². The van der Waals surface area contributed by atoms with E-state index in [4.69, 9.17) is 0 Å². The first-order chi connectivity index (χ1) is 15.3. The van der Waals surface area contributed by atoms with E-state index in [1.54, 1.807) is 0 Å². The minimum atomic E-state index is 0. The molecule has 0 bridgehead atoms. The van der Waals surface area contributed by atoms with E-state index in [1.807, 2.05) is 0 Å². The van der Waals surface area contributed by atoms with Gasteiger partial charge in [-0.1, -0.05) is 130 Å². The second kappa shape index (κ2) is 15.0. The summed E-state index contributed by atoms with van der Waals surface area (Å²) in [6.07, 6.45) is 9.53. The zero-order chi connectivity index (χ0) is 21.6. The Labute approximate surface area is 206 Å². The third-order valence-corrected chi connectivity index (χ3v) is 6.32. The van der Waals surface area contributed by atoms with Gasteiger partial charge in [-0.2, -0.15) is 0 Å². The highest BCUT2D eigenvalue weighted by Crippen LogP contribution is 2.25. The maximum atomic E-state index is 2.30. The molecule has 1 nitrogen and oxygen atoms in total. The summed E-state index contributed by atoms with van der Waals surface area (Å²) in [7, 11) is 0. The Kier molecular flexibility index (Phi) is 12.4. The second-order valence-corrected chi connectivity index (χ2v) is 9.12. The van der Waals surface area contributed by atoms with Crippen molar-refractivity contribution in [3.63, 3.8) is 0 Å². The Morgan fingerprint density at radius 1 is 0.469 bits per heavy atom. The molecule has 0 unspecified atom stereocenters. The SMILES string of the molecule is CCCCCCCCC[N+](Cc1ccccc1)(Cc1ccccc1)Cc1ccccc1.[Br-]. The first kappa shape index (κ1) is 26.4. The van der Waals surface area contributed by atoms with Crippen LogP contribution >= 0.6 is 0 Å². The average molecular weight is 495 g/mol. The van der Waals surface area contributed by atoms with E-state index in [0.29, 0.717) is 0 Å². The fourth-order valence-corrected chi connectivity index (χ4v) is 4.72. The lowest BCUT2D eigenvalue weighted by Gasteiger charge is -2.39. The Morgan fingerprint density at radius 2 is 0.812 bits per heavy atom. The van der Waals surface area contributed by atoms with Gasteiger partial charge in [-0.15, -0.1) is 0 Å². The van der Waals surface area contributed by atoms with Crippen LogP contribution in [0.25, 0.3) is 0 Å². The number of halogens is 1. The summed E-state index contributed by atoms with van der Waals surface area (Å²) in [5, 5.41) is 0. The van der Waals surface area contributed by atoms with Crippen molar-refractivity contribution in [2.75, 3.05) is 6.54 Å². The third kappa shape index (κ3) is 9.30. The molecule has 0 aromatic heterocycles. The van der Waals surface area contributed by atoms with Crippen molar-refractivity contribution in [3.8, 4) is 0 Å². The van der Waals surface area contributed by atoms with Crippen LogP contribution in [0.2, 0.25) is 0 Å². The first-order valence-corrected chi connectivity index (χ1v) is 12.3. The topological polar surface area (TPSA) is 0 Å². The van der Waals surface area contributed by atoms with Gasteiger partial charge in [0.2, 0.25) is 0 Å². The molecule has 0 aliphatic carbocycles. The Balaban J connectivity index is 0.00000363. The minimum Gasteiger partial charge on any atom is -1.00 e. The van der Waals surface area contributed by atoms with E-state index in [-0.39, 0.29) is 17.0 Å². The van der Waals surface area contributed by atoms with Crippen LogP contribution in [0, 0.1) is 0 Å².